The lowest BCUT2D eigenvalue weighted by Gasteiger charge is -2.39. The minimum Gasteiger partial charge on any atom is -0.508 e. The highest BCUT2D eigenvalue weighted by Crippen LogP contribution is 2.49. The van der Waals surface area contributed by atoms with Crippen LogP contribution in [0.1, 0.15) is 75.3 Å². The first-order valence-electron chi connectivity index (χ1n) is 29.1. The highest BCUT2D eigenvalue weighted by Gasteiger charge is 2.46. The predicted molar refractivity (Wildman–Crippen MR) is 333 cm³/mol. The van der Waals surface area contributed by atoms with Gasteiger partial charge in [0.2, 0.25) is 47.5 Å². The average Bonchev–Trinajstić information content (AvgIpc) is 0.763. The first-order valence-corrected chi connectivity index (χ1v) is 30.3. The molecule has 0 aliphatic carbocycles. The molecule has 30 nitrogen and oxygen atoms in total. The normalized spacial score (nSPS) is 25.6. The molecule has 0 aromatic heterocycles. The molecule has 6 amide bonds. The smallest absolute Gasteiger partial charge is 0.330 e. The molecule has 7 heterocycles. The zero-order chi connectivity index (χ0) is 69.3. The summed E-state index contributed by atoms with van der Waals surface area (Å²) in [6.07, 6.45) is -11.5. The van der Waals surface area contributed by atoms with Gasteiger partial charge in [0.1, 0.15) is 107 Å². The van der Waals surface area contributed by atoms with E-state index in [2.05, 4.69) is 31.9 Å². The van der Waals surface area contributed by atoms with Gasteiger partial charge in [0.05, 0.1) is 21.7 Å². The van der Waals surface area contributed by atoms with Gasteiger partial charge < -0.3 is 117 Å². The lowest BCUT2D eigenvalue weighted by Crippen LogP contribution is -2.60. The molecule has 1 saturated heterocycles. The predicted octanol–water partition coefficient (Wildman–Crippen LogP) is 3.11. The molecule has 13 atom stereocenters. The van der Waals surface area contributed by atoms with Gasteiger partial charge in [-0.3, -0.25) is 28.8 Å². The number of fused-ring (bicyclic) bond motifs is 14. The van der Waals surface area contributed by atoms with Crippen LogP contribution in [0.2, 0.25) is 15.1 Å². The maximum Gasteiger partial charge on any atom is 0.330 e. The summed E-state index contributed by atoms with van der Waals surface area (Å²) in [6, 6.07) is 5.40. The molecule has 7 aliphatic heterocycles. The number of aliphatic hydroxyl groups is 5. The van der Waals surface area contributed by atoms with Crippen molar-refractivity contribution >= 4 is 76.2 Å². The first-order chi connectivity index (χ1) is 46.1. The first kappa shape index (κ1) is 66.6. The zero-order valence-corrected chi connectivity index (χ0v) is 51.6. The van der Waals surface area contributed by atoms with Gasteiger partial charge in [-0.05, 0) is 112 Å². The molecule has 33 heteroatoms. The molecule has 14 rings (SSSR count). The Kier molecular flexibility index (Phi) is 18.1. The number of carboxylic acid groups (broad SMARTS) is 1. The van der Waals surface area contributed by atoms with Crippen LogP contribution in [-0.2, 0) is 44.7 Å². The molecule has 504 valence electrons. The molecule has 0 spiro atoms. The molecular weight excluding hydrogens is 1340 g/mol. The van der Waals surface area contributed by atoms with E-state index in [1.807, 2.05) is 0 Å². The van der Waals surface area contributed by atoms with Crippen molar-refractivity contribution in [3.05, 3.63) is 163 Å². The van der Waals surface area contributed by atoms with Crippen molar-refractivity contribution in [2.75, 3.05) is 6.61 Å². The number of nitrogens with one attached hydrogen (secondary N) is 6. The minimum absolute atomic E-state index is 0.000431. The van der Waals surface area contributed by atoms with Gasteiger partial charge in [-0.15, -0.1) is 0 Å². The highest BCUT2D eigenvalue weighted by atomic mass is 35.5. The number of benzene rings is 7. The summed E-state index contributed by atoms with van der Waals surface area (Å²) in [5, 5.41) is 136. The second-order valence-corrected chi connectivity index (χ2v) is 24.2. The van der Waals surface area contributed by atoms with Crippen LogP contribution in [0.3, 0.4) is 0 Å². The van der Waals surface area contributed by atoms with E-state index in [0.29, 0.717) is 0 Å². The van der Waals surface area contributed by atoms with Crippen LogP contribution < -0.4 is 56.6 Å². The number of carbonyl (C=O) groups excluding carboxylic acids is 6. The van der Waals surface area contributed by atoms with E-state index in [1.165, 1.54) is 42.5 Å². The molecule has 7 aliphatic rings. The van der Waals surface area contributed by atoms with Crippen LogP contribution in [0.4, 0.5) is 0 Å². The molecule has 97 heavy (non-hydrogen) atoms. The number of phenols is 5. The van der Waals surface area contributed by atoms with Gasteiger partial charge in [0.25, 0.3) is 0 Å². The second-order valence-electron chi connectivity index (χ2n) is 23.0. The number of halogens is 3. The van der Waals surface area contributed by atoms with Crippen molar-refractivity contribution in [1.29, 1.82) is 0 Å². The second kappa shape index (κ2) is 26.3. The van der Waals surface area contributed by atoms with Gasteiger partial charge in [-0.1, -0.05) is 53.0 Å². The monoisotopic (exact) mass is 1390 g/mol. The Balaban J connectivity index is 1.06. The topological polar surface area (TPSA) is 486 Å². The number of phenolic OH excluding ortho intramolecular Hbond substituents is 5. The summed E-state index contributed by atoms with van der Waals surface area (Å²) in [5.41, 5.74) is 3.68. The molecule has 7 aromatic rings. The number of aliphatic hydroxyl groups excluding tert-OH is 5. The van der Waals surface area contributed by atoms with Crippen molar-refractivity contribution < 1.29 is 113 Å². The molecule has 1 fully saturated rings. The number of carboxylic acids is 1. The molecule has 19 N–H and O–H groups in total. The molecule has 8 unspecified atom stereocenters. The summed E-state index contributed by atoms with van der Waals surface area (Å²) < 4.78 is 30.3. The largest absolute Gasteiger partial charge is 0.508 e. The summed E-state index contributed by atoms with van der Waals surface area (Å²) >= 11 is 20.4. The SMILES string of the molecule is NC1C(=O)NC2Cc3ccc(c(Cl)c3)Oc3cc4cc(c3O)Oc3ccc(cc3Cl)C(O)C3NC(=O)C(NC(=O)C4NC(=O)C(NC2=O)c2cc(O)cc(c2)Oc2cc1ccc2O[C@@H]1O[C@H](CO)[C@H](O)[C@H](O)[C@H]1O)c1cc(Cl)c(O)c(c1)-c1c(O)cc(O)cc1C(C(=O)O)NC3=O. The van der Waals surface area contributed by atoms with Crippen LogP contribution in [0.25, 0.3) is 11.1 Å². The Morgan fingerprint density at radius 1 is 0.536 bits per heavy atom. The Labute approximate surface area is 560 Å². The van der Waals surface area contributed by atoms with Crippen LogP contribution in [0.5, 0.6) is 69.0 Å². The number of aromatic hydroxyl groups is 5. The number of nitrogens with two attached hydrogens (primary N) is 1. The maximum atomic E-state index is 15.9. The maximum absolute atomic E-state index is 15.9. The molecule has 0 saturated carbocycles. The van der Waals surface area contributed by atoms with Crippen LogP contribution in [-0.4, -0.2) is 147 Å². The Morgan fingerprint density at radius 2 is 1.12 bits per heavy atom. The number of amides is 6. The Bertz CT molecular complexity index is 4450. The van der Waals surface area contributed by atoms with E-state index in [-0.39, 0.29) is 61.0 Å². The van der Waals surface area contributed by atoms with E-state index in [1.54, 1.807) is 0 Å². The number of hydrogen-bond acceptors (Lipinski definition) is 23. The van der Waals surface area contributed by atoms with E-state index < -0.39 is 207 Å². The standard InChI is InChI=1S/C64H54Cl3N7O23/c65-32-7-21-1-4-37(32)94-41-15-26-16-42(53(41)81)95-38-5-3-23(12-33(38)66)51(79)50-62(90)73-49(63(91)92)30-18-28(77)19-36(78)44(30)31-11-25(13-34(67)52(31)80)47(61(89)74-50)71-60(88)48(26)72-59(87)46-24-9-27(76)17-29(10-24)93-40-14-22(45(68)58(86)69-35(8-21)57(85)70-46)2-6-39(40)96-64-56(84)55(83)54(82)43(20-75)97-64/h1-7,9-19,35,43,45-51,54-56,64,75-84H,8,20,68H2,(H,69,86)(H,70,85)(H,71,88)(H,72,87)(H,73,90)(H,74,89)(H,91,92)/t35?,43-,45?,46?,47?,48?,49?,50?,51?,54+,55+,56-,64-/m1/s1. The van der Waals surface area contributed by atoms with Crippen LogP contribution in [0, 0.1) is 0 Å². The van der Waals surface area contributed by atoms with E-state index in [0.717, 1.165) is 66.7 Å². The van der Waals surface area contributed by atoms with Gasteiger partial charge in [0, 0.05) is 35.2 Å². The van der Waals surface area contributed by atoms with E-state index >= 15 is 19.2 Å². The fourth-order valence-corrected chi connectivity index (χ4v) is 12.3. The average molecular weight is 1400 g/mol. The van der Waals surface area contributed by atoms with Gasteiger partial charge in [-0.2, -0.15) is 0 Å². The fraction of sp³-hybridized carbons (Fsp3) is 0.234. The van der Waals surface area contributed by atoms with E-state index in [9.17, 15) is 70.6 Å². The summed E-state index contributed by atoms with van der Waals surface area (Å²) in [6.45, 7) is -0.834. The number of rotatable bonds is 4. The van der Waals surface area contributed by atoms with Crippen molar-refractivity contribution in [3.63, 3.8) is 0 Å². The third kappa shape index (κ3) is 13.0. The molecule has 7 aromatic carbocycles. The van der Waals surface area contributed by atoms with Crippen LogP contribution in [0.15, 0.2) is 109 Å². The van der Waals surface area contributed by atoms with Crippen molar-refractivity contribution in [1.82, 2.24) is 31.9 Å². The molecular formula is C64H54Cl3N7O23. The van der Waals surface area contributed by atoms with Crippen molar-refractivity contribution in [3.8, 4) is 80.1 Å². The number of aliphatic carboxylic acids is 1. The summed E-state index contributed by atoms with van der Waals surface area (Å²) in [5.74, 6) is -16.3. The summed E-state index contributed by atoms with van der Waals surface area (Å²) in [4.78, 5) is 105. The molecule has 17 bridgehead atoms. The summed E-state index contributed by atoms with van der Waals surface area (Å²) in [7, 11) is 0. The van der Waals surface area contributed by atoms with Crippen LogP contribution >= 0.6 is 34.8 Å². The molecule has 0 radical (unpaired) electrons. The number of hydrogen-bond donors (Lipinski definition) is 18. The highest BCUT2D eigenvalue weighted by molar-refractivity contribution is 6.33. The Hall–Kier alpha value is -10.4. The van der Waals surface area contributed by atoms with Crippen molar-refractivity contribution in [2.45, 2.75) is 85.5 Å². The quantitative estimate of drug-likeness (QED) is 0.120. The third-order valence-corrected chi connectivity index (χ3v) is 17.5. The van der Waals surface area contributed by atoms with E-state index in [4.69, 9.17) is 64.2 Å². The lowest BCUT2D eigenvalue weighted by molar-refractivity contribution is -0.277. The third-order valence-electron chi connectivity index (χ3n) is 16.6. The van der Waals surface area contributed by atoms with Gasteiger partial charge in [0.15, 0.2) is 29.0 Å². The number of ether oxygens (including phenoxy) is 5. The van der Waals surface area contributed by atoms with Crippen molar-refractivity contribution in [2.24, 2.45) is 5.73 Å². The fourth-order valence-electron chi connectivity index (χ4n) is 11.6. The lowest BCUT2D eigenvalue weighted by atomic mass is 9.89. The number of carbonyl (C=O) groups is 7. The van der Waals surface area contributed by atoms with Gasteiger partial charge >= 0.3 is 5.97 Å². The minimum atomic E-state index is -2.28. The van der Waals surface area contributed by atoms with Gasteiger partial charge in [-0.25, -0.2) is 4.79 Å². The Morgan fingerprint density at radius 3 is 1.77 bits per heavy atom. The zero-order valence-electron chi connectivity index (χ0n) is 49.3.